The first-order valence-corrected chi connectivity index (χ1v) is 7.23. The van der Waals surface area contributed by atoms with E-state index in [1.165, 1.54) is 0 Å². The molecule has 1 N–H and O–H groups in total. The lowest BCUT2D eigenvalue weighted by Gasteiger charge is -2.30. The van der Waals surface area contributed by atoms with E-state index in [1.54, 1.807) is 4.90 Å². The predicted octanol–water partition coefficient (Wildman–Crippen LogP) is 2.10. The molecule has 2 fully saturated rings. The molecule has 1 aromatic rings. The van der Waals surface area contributed by atoms with Crippen molar-refractivity contribution in [1.29, 1.82) is 0 Å². The summed E-state index contributed by atoms with van der Waals surface area (Å²) in [7, 11) is 0. The average Bonchev–Trinajstić information content (AvgIpc) is 3.18. The fourth-order valence-corrected chi connectivity index (χ4v) is 2.59. The number of hydrogen-bond acceptors (Lipinski definition) is 5. The third-order valence-corrected chi connectivity index (χ3v) is 4.06. The summed E-state index contributed by atoms with van der Waals surface area (Å²) in [6, 6.07) is 0. The molecule has 1 saturated carbocycles. The van der Waals surface area contributed by atoms with Gasteiger partial charge in [-0.25, -0.2) is 14.6 Å². The Bertz CT molecular complexity index is 529. The summed E-state index contributed by atoms with van der Waals surface area (Å²) >= 11 is 0. The smallest absolute Gasteiger partial charge is 0.409 e. The van der Waals surface area contributed by atoms with Crippen molar-refractivity contribution in [2.75, 3.05) is 19.7 Å². The molecule has 7 nitrogen and oxygen atoms in total. The van der Waals surface area contributed by atoms with Crippen molar-refractivity contribution in [2.45, 2.75) is 31.6 Å². The Morgan fingerprint density at radius 1 is 1.33 bits per heavy atom. The van der Waals surface area contributed by atoms with E-state index in [4.69, 9.17) is 14.3 Å². The van der Waals surface area contributed by atoms with Gasteiger partial charge in [-0.3, -0.25) is 0 Å². The number of aromatic carboxylic acids is 1. The Morgan fingerprint density at radius 2 is 2.05 bits per heavy atom. The van der Waals surface area contributed by atoms with E-state index in [1.807, 2.05) is 0 Å². The minimum Gasteiger partial charge on any atom is -0.476 e. The molecular weight excluding hydrogens is 276 g/mol. The molecule has 0 bridgehead atoms. The zero-order valence-electron chi connectivity index (χ0n) is 11.7. The molecule has 114 valence electrons. The highest BCUT2D eigenvalue weighted by Gasteiger charge is 2.31. The number of hydrogen-bond donors (Lipinski definition) is 1. The molecule has 1 amide bonds. The SMILES string of the molecule is O=C(O)c1ncoc1C1CCN(C(=O)OCC2CC2)CC1. The Labute approximate surface area is 121 Å². The number of aromatic nitrogens is 1. The first kappa shape index (κ1) is 13.9. The summed E-state index contributed by atoms with van der Waals surface area (Å²) < 4.78 is 10.5. The van der Waals surface area contributed by atoms with E-state index in [2.05, 4.69) is 4.98 Å². The van der Waals surface area contributed by atoms with Gasteiger partial charge in [0.2, 0.25) is 0 Å². The van der Waals surface area contributed by atoms with Gasteiger partial charge in [0.1, 0.15) is 5.76 Å². The standard InChI is InChI=1S/C14H18N2O5/c17-13(18)11-12(21-8-15-11)10-3-5-16(6-4-10)14(19)20-7-9-1-2-9/h8-10H,1-7H2,(H,17,18). The van der Waals surface area contributed by atoms with Gasteiger partial charge in [0.05, 0.1) is 6.61 Å². The fourth-order valence-electron chi connectivity index (χ4n) is 2.59. The van der Waals surface area contributed by atoms with E-state index >= 15 is 0 Å². The maximum atomic E-state index is 11.9. The van der Waals surface area contributed by atoms with Crippen molar-refractivity contribution >= 4 is 12.1 Å². The molecule has 0 aromatic carbocycles. The van der Waals surface area contributed by atoms with Gasteiger partial charge < -0.3 is 19.2 Å². The summed E-state index contributed by atoms with van der Waals surface area (Å²) in [5.74, 6) is -0.122. The van der Waals surface area contributed by atoms with Crippen LogP contribution in [0.25, 0.3) is 0 Å². The molecule has 1 aromatic heterocycles. The number of rotatable bonds is 4. The van der Waals surface area contributed by atoms with Gasteiger partial charge in [-0.05, 0) is 31.6 Å². The van der Waals surface area contributed by atoms with Crippen LogP contribution in [0.15, 0.2) is 10.8 Å². The second kappa shape index (κ2) is 5.75. The Kier molecular flexibility index (Phi) is 3.81. The number of oxazole rings is 1. The van der Waals surface area contributed by atoms with Crippen molar-refractivity contribution in [2.24, 2.45) is 5.92 Å². The van der Waals surface area contributed by atoms with Gasteiger partial charge in [0.15, 0.2) is 12.1 Å². The van der Waals surface area contributed by atoms with Gasteiger partial charge in [0, 0.05) is 19.0 Å². The van der Waals surface area contributed by atoms with E-state index in [-0.39, 0.29) is 17.7 Å². The average molecular weight is 294 g/mol. The lowest BCUT2D eigenvalue weighted by molar-refractivity contribution is 0.0683. The zero-order valence-corrected chi connectivity index (χ0v) is 11.7. The van der Waals surface area contributed by atoms with Crippen LogP contribution in [0.3, 0.4) is 0 Å². The molecular formula is C14H18N2O5. The highest BCUT2D eigenvalue weighted by atomic mass is 16.6. The second-order valence-corrected chi connectivity index (χ2v) is 5.65. The summed E-state index contributed by atoms with van der Waals surface area (Å²) in [5, 5.41) is 9.05. The lowest BCUT2D eigenvalue weighted by Crippen LogP contribution is -2.38. The number of carboxylic acids is 1. The topological polar surface area (TPSA) is 92.9 Å². The molecule has 1 aliphatic carbocycles. The highest BCUT2D eigenvalue weighted by Crippen LogP contribution is 2.31. The summed E-state index contributed by atoms with van der Waals surface area (Å²) in [5.41, 5.74) is -0.0234. The van der Waals surface area contributed by atoms with Crippen LogP contribution >= 0.6 is 0 Å². The van der Waals surface area contributed by atoms with Crippen LogP contribution in [0.4, 0.5) is 4.79 Å². The van der Waals surface area contributed by atoms with Crippen LogP contribution in [0.1, 0.15) is 47.8 Å². The number of piperidine rings is 1. The van der Waals surface area contributed by atoms with Gasteiger partial charge in [0.25, 0.3) is 0 Å². The largest absolute Gasteiger partial charge is 0.476 e. The van der Waals surface area contributed by atoms with Crippen molar-refractivity contribution in [3.8, 4) is 0 Å². The minimum atomic E-state index is -1.08. The lowest BCUT2D eigenvalue weighted by atomic mass is 9.93. The zero-order chi connectivity index (χ0) is 14.8. The number of likely N-dealkylation sites (tertiary alicyclic amines) is 1. The molecule has 0 unspecified atom stereocenters. The molecule has 0 radical (unpaired) electrons. The van der Waals surface area contributed by atoms with Crippen LogP contribution in [-0.4, -0.2) is 46.7 Å². The Hall–Kier alpha value is -2.05. The normalized spacial score (nSPS) is 19.5. The van der Waals surface area contributed by atoms with Gasteiger partial charge in [-0.15, -0.1) is 0 Å². The van der Waals surface area contributed by atoms with Crippen molar-refractivity contribution < 1.29 is 23.8 Å². The van der Waals surface area contributed by atoms with Crippen molar-refractivity contribution in [3.63, 3.8) is 0 Å². The maximum Gasteiger partial charge on any atom is 0.409 e. The molecule has 2 heterocycles. The van der Waals surface area contributed by atoms with Crippen molar-refractivity contribution in [3.05, 3.63) is 17.8 Å². The molecule has 2 aliphatic rings. The van der Waals surface area contributed by atoms with Gasteiger partial charge in [-0.1, -0.05) is 0 Å². The Balaban J connectivity index is 1.53. The van der Waals surface area contributed by atoms with Crippen LogP contribution in [-0.2, 0) is 4.74 Å². The minimum absolute atomic E-state index is 0.00826. The first-order chi connectivity index (χ1) is 10.1. The highest BCUT2D eigenvalue weighted by molar-refractivity contribution is 5.86. The van der Waals surface area contributed by atoms with Gasteiger partial charge in [-0.2, -0.15) is 0 Å². The predicted molar refractivity (Wildman–Crippen MR) is 71.1 cm³/mol. The Morgan fingerprint density at radius 3 is 2.67 bits per heavy atom. The molecule has 0 atom stereocenters. The number of amides is 1. The first-order valence-electron chi connectivity index (χ1n) is 7.23. The molecule has 7 heteroatoms. The third kappa shape index (κ3) is 3.17. The maximum absolute atomic E-state index is 11.9. The van der Waals surface area contributed by atoms with E-state index in [0.717, 1.165) is 19.2 Å². The quantitative estimate of drug-likeness (QED) is 0.914. The number of carbonyl (C=O) groups excluding carboxylic acids is 1. The van der Waals surface area contributed by atoms with Crippen LogP contribution < -0.4 is 0 Å². The second-order valence-electron chi connectivity index (χ2n) is 5.65. The molecule has 3 rings (SSSR count). The summed E-state index contributed by atoms with van der Waals surface area (Å²) in [4.78, 5) is 28.3. The number of nitrogens with zero attached hydrogens (tertiary/aromatic N) is 2. The fraction of sp³-hybridized carbons (Fsp3) is 0.643. The van der Waals surface area contributed by atoms with E-state index in [0.29, 0.717) is 44.2 Å². The van der Waals surface area contributed by atoms with Gasteiger partial charge >= 0.3 is 12.1 Å². The molecule has 0 spiro atoms. The van der Waals surface area contributed by atoms with Crippen molar-refractivity contribution in [1.82, 2.24) is 9.88 Å². The third-order valence-electron chi connectivity index (χ3n) is 4.06. The van der Waals surface area contributed by atoms with E-state index in [9.17, 15) is 9.59 Å². The molecule has 1 saturated heterocycles. The number of ether oxygens (including phenoxy) is 1. The van der Waals surface area contributed by atoms with Crippen LogP contribution in [0.2, 0.25) is 0 Å². The van der Waals surface area contributed by atoms with E-state index < -0.39 is 5.97 Å². The number of carboxylic acid groups (broad SMARTS) is 1. The molecule has 21 heavy (non-hydrogen) atoms. The summed E-state index contributed by atoms with van der Waals surface area (Å²) in [6.45, 7) is 1.62. The monoisotopic (exact) mass is 294 g/mol. The number of carbonyl (C=O) groups is 2. The van der Waals surface area contributed by atoms with Crippen LogP contribution in [0.5, 0.6) is 0 Å². The summed E-state index contributed by atoms with van der Waals surface area (Å²) in [6.07, 6.45) is 4.52. The van der Waals surface area contributed by atoms with Crippen LogP contribution in [0, 0.1) is 5.92 Å². The molecule has 1 aliphatic heterocycles.